The molecule has 4 heterocycles. The van der Waals surface area contributed by atoms with Crippen LogP contribution in [0.4, 0.5) is 4.39 Å². The van der Waals surface area contributed by atoms with Crippen LogP contribution < -0.4 is 10.6 Å². The number of amides is 1. The van der Waals surface area contributed by atoms with Crippen molar-refractivity contribution in [3.8, 4) is 0 Å². The van der Waals surface area contributed by atoms with Crippen LogP contribution in [0.15, 0.2) is 46.0 Å². The number of aromatic nitrogens is 1. The van der Waals surface area contributed by atoms with Gasteiger partial charge in [0.2, 0.25) is 5.91 Å². The van der Waals surface area contributed by atoms with Crippen LogP contribution in [0.5, 0.6) is 0 Å². The molecule has 10 heteroatoms. The second kappa shape index (κ2) is 8.68. The summed E-state index contributed by atoms with van der Waals surface area (Å²) < 4.78 is 14.4. The lowest BCUT2D eigenvalue weighted by Crippen LogP contribution is -2.45. The maximum Gasteiger partial charge on any atom is 0.335 e. The number of halogens is 1. The highest BCUT2D eigenvalue weighted by Gasteiger charge is 2.40. The second-order valence-corrected chi connectivity index (χ2v) is 9.52. The van der Waals surface area contributed by atoms with Gasteiger partial charge in [-0.3, -0.25) is 14.7 Å². The first-order valence-electron chi connectivity index (χ1n) is 10.9. The molecule has 0 saturated carbocycles. The number of piperidine rings is 1. The number of likely N-dealkylation sites (tertiary alicyclic amines) is 1. The number of rotatable bonds is 5. The molecule has 0 spiro atoms. The molecular formula is C23H24FN5O3S. The predicted octanol–water partition coefficient (Wildman–Crippen LogP) is 2.09. The first kappa shape index (κ1) is 21.7. The summed E-state index contributed by atoms with van der Waals surface area (Å²) in [6, 6.07) is 3.80. The van der Waals surface area contributed by atoms with Gasteiger partial charge < -0.3 is 15.7 Å². The quantitative estimate of drug-likeness (QED) is 0.619. The zero-order valence-electron chi connectivity index (χ0n) is 18.0. The Bertz CT molecular complexity index is 1160. The minimum Gasteiger partial charge on any atom is -0.478 e. The molecule has 0 aliphatic carbocycles. The highest BCUT2D eigenvalue weighted by Crippen LogP contribution is 2.35. The van der Waals surface area contributed by atoms with Crippen molar-refractivity contribution < 1.29 is 19.1 Å². The number of nitrogens with zero attached hydrogens (tertiary/aromatic N) is 3. The fourth-order valence-electron chi connectivity index (χ4n) is 4.96. The topological polar surface area (TPSA) is 107 Å². The first-order chi connectivity index (χ1) is 15.9. The molecule has 3 aliphatic heterocycles. The van der Waals surface area contributed by atoms with Gasteiger partial charge >= 0.3 is 5.97 Å². The van der Waals surface area contributed by atoms with E-state index in [1.54, 1.807) is 25.3 Å². The summed E-state index contributed by atoms with van der Waals surface area (Å²) in [6.45, 7) is 4.05. The molecular weight excluding hydrogens is 445 g/mol. The number of benzene rings is 1. The van der Waals surface area contributed by atoms with Gasteiger partial charge in [0, 0.05) is 48.7 Å². The highest BCUT2D eigenvalue weighted by molar-refractivity contribution is 7.11. The first-order valence-corrected chi connectivity index (χ1v) is 11.8. The summed E-state index contributed by atoms with van der Waals surface area (Å²) in [5, 5.41) is 18.8. The van der Waals surface area contributed by atoms with Crippen LogP contribution in [0.2, 0.25) is 0 Å². The van der Waals surface area contributed by atoms with Gasteiger partial charge in [0.05, 0.1) is 5.57 Å². The SMILES string of the molecule is Cc1c(F)cccc1[C@@H]1N=C(c2nccs2)NC(CN2CCC3C(=O)NC[C@@H]3C2)=C1C(=O)O. The Kier molecular flexibility index (Phi) is 5.71. The molecule has 2 aromatic rings. The Hall–Kier alpha value is -3.11. The Morgan fingerprint density at radius 2 is 2.24 bits per heavy atom. The third-order valence-corrected chi connectivity index (χ3v) is 7.45. The van der Waals surface area contributed by atoms with E-state index < -0.39 is 17.8 Å². The average molecular weight is 470 g/mol. The van der Waals surface area contributed by atoms with Crippen LogP contribution in [-0.2, 0) is 9.59 Å². The summed E-state index contributed by atoms with van der Waals surface area (Å²) in [5.74, 6) is -0.655. The van der Waals surface area contributed by atoms with Crippen molar-refractivity contribution in [2.24, 2.45) is 16.8 Å². The van der Waals surface area contributed by atoms with Crippen LogP contribution in [0.3, 0.4) is 0 Å². The van der Waals surface area contributed by atoms with Crippen LogP contribution in [-0.4, -0.2) is 58.9 Å². The van der Waals surface area contributed by atoms with Gasteiger partial charge in [0.1, 0.15) is 11.9 Å². The molecule has 5 rings (SSSR count). The number of aliphatic carboxylic acids is 1. The number of aliphatic imine (C=N–C) groups is 1. The number of carbonyl (C=O) groups excluding carboxylic acids is 1. The zero-order chi connectivity index (χ0) is 23.1. The van der Waals surface area contributed by atoms with Gasteiger partial charge in [-0.2, -0.15) is 0 Å². The molecule has 1 aromatic carbocycles. The Morgan fingerprint density at radius 1 is 1.39 bits per heavy atom. The summed E-state index contributed by atoms with van der Waals surface area (Å²) in [7, 11) is 0. The van der Waals surface area contributed by atoms with Gasteiger partial charge in [0.15, 0.2) is 10.8 Å². The lowest BCUT2D eigenvalue weighted by atomic mass is 9.87. The lowest BCUT2D eigenvalue weighted by molar-refractivity contribution is -0.133. The molecule has 0 bridgehead atoms. The number of carbonyl (C=O) groups is 2. The maximum absolute atomic E-state index is 14.4. The molecule has 2 saturated heterocycles. The van der Waals surface area contributed by atoms with E-state index in [0.29, 0.717) is 53.8 Å². The Balaban J connectivity index is 1.53. The minimum atomic E-state index is -1.10. The van der Waals surface area contributed by atoms with Crippen LogP contribution in [0.1, 0.15) is 28.6 Å². The standard InChI is InChI=1S/C23H24FN5O3S/c1-12-14(3-2-4-16(12)24)19-18(23(31)32)17(27-20(28-19)22-25-6-8-33-22)11-29-7-5-15-13(10-29)9-26-21(15)30/h2-4,6,8,13,15,19H,5,7,9-11H2,1H3,(H,26,30)(H,27,28)(H,31,32)/t13-,15?,19+/m1/s1. The molecule has 3 atom stereocenters. The van der Waals surface area contributed by atoms with Crippen molar-refractivity contribution >= 4 is 29.0 Å². The third kappa shape index (κ3) is 4.04. The van der Waals surface area contributed by atoms with Crippen molar-refractivity contribution in [2.75, 3.05) is 26.2 Å². The smallest absolute Gasteiger partial charge is 0.335 e. The molecule has 33 heavy (non-hydrogen) atoms. The fourth-order valence-corrected chi connectivity index (χ4v) is 5.54. The molecule has 0 radical (unpaired) electrons. The summed E-state index contributed by atoms with van der Waals surface area (Å²) in [4.78, 5) is 35.6. The number of amidine groups is 1. The number of thiazole rings is 1. The van der Waals surface area contributed by atoms with Crippen molar-refractivity contribution in [1.29, 1.82) is 0 Å². The van der Waals surface area contributed by atoms with Gasteiger partial charge in [-0.05, 0) is 37.1 Å². The van der Waals surface area contributed by atoms with Crippen LogP contribution in [0.25, 0.3) is 0 Å². The Labute approximate surface area is 194 Å². The number of fused-ring (bicyclic) bond motifs is 1. The summed E-state index contributed by atoms with van der Waals surface area (Å²) in [6.07, 6.45) is 2.41. The highest BCUT2D eigenvalue weighted by atomic mass is 32.1. The van der Waals surface area contributed by atoms with E-state index in [9.17, 15) is 19.1 Å². The molecule has 2 fully saturated rings. The third-order valence-electron chi connectivity index (χ3n) is 6.67. The monoisotopic (exact) mass is 469 g/mol. The van der Waals surface area contributed by atoms with Crippen molar-refractivity contribution in [3.05, 3.63) is 63.0 Å². The molecule has 3 aliphatic rings. The lowest BCUT2D eigenvalue weighted by Gasteiger charge is -2.35. The summed E-state index contributed by atoms with van der Waals surface area (Å²) >= 11 is 1.40. The van der Waals surface area contributed by atoms with E-state index in [0.717, 1.165) is 6.42 Å². The van der Waals surface area contributed by atoms with Crippen molar-refractivity contribution in [1.82, 2.24) is 20.5 Å². The predicted molar refractivity (Wildman–Crippen MR) is 121 cm³/mol. The van der Waals surface area contributed by atoms with Gasteiger partial charge in [-0.25, -0.2) is 14.2 Å². The number of carboxylic acids is 1. The normalized spacial score (nSPS) is 25.3. The van der Waals surface area contributed by atoms with E-state index in [2.05, 4.69) is 25.5 Å². The number of hydrogen-bond donors (Lipinski definition) is 3. The number of nitrogens with one attached hydrogen (secondary N) is 2. The molecule has 1 aromatic heterocycles. The molecule has 1 amide bonds. The van der Waals surface area contributed by atoms with E-state index in [4.69, 9.17) is 0 Å². The molecule has 8 nitrogen and oxygen atoms in total. The second-order valence-electron chi connectivity index (χ2n) is 8.63. The van der Waals surface area contributed by atoms with E-state index in [-0.39, 0.29) is 23.3 Å². The van der Waals surface area contributed by atoms with Gasteiger partial charge in [-0.1, -0.05) is 12.1 Å². The molecule has 3 N–H and O–H groups in total. The largest absolute Gasteiger partial charge is 0.478 e. The summed E-state index contributed by atoms with van der Waals surface area (Å²) in [5.41, 5.74) is 1.52. The fraction of sp³-hybridized carbons (Fsp3) is 0.391. The maximum atomic E-state index is 14.4. The van der Waals surface area contributed by atoms with Gasteiger partial charge in [0.25, 0.3) is 0 Å². The van der Waals surface area contributed by atoms with Crippen molar-refractivity contribution in [2.45, 2.75) is 19.4 Å². The average Bonchev–Trinajstić information content (AvgIpc) is 3.45. The van der Waals surface area contributed by atoms with Crippen molar-refractivity contribution in [3.63, 3.8) is 0 Å². The Morgan fingerprint density at radius 3 is 3.00 bits per heavy atom. The number of hydrogen-bond acceptors (Lipinski definition) is 7. The van der Waals surface area contributed by atoms with Gasteiger partial charge in [-0.15, -0.1) is 11.3 Å². The zero-order valence-corrected chi connectivity index (χ0v) is 18.9. The molecule has 172 valence electrons. The van der Waals surface area contributed by atoms with Crippen LogP contribution in [0, 0.1) is 24.6 Å². The van der Waals surface area contributed by atoms with E-state index in [1.807, 2.05) is 5.38 Å². The van der Waals surface area contributed by atoms with Crippen LogP contribution >= 0.6 is 11.3 Å². The minimum absolute atomic E-state index is 0.0311. The number of carboxylic acid groups (broad SMARTS) is 1. The van der Waals surface area contributed by atoms with E-state index >= 15 is 0 Å². The van der Waals surface area contributed by atoms with E-state index in [1.165, 1.54) is 17.4 Å². The molecule has 1 unspecified atom stereocenters.